The highest BCUT2D eigenvalue weighted by Gasteiger charge is 2.45. The molecular formula is C21H30N2O. The van der Waals surface area contributed by atoms with Gasteiger partial charge in [-0.3, -0.25) is 9.69 Å². The van der Waals surface area contributed by atoms with Crippen LogP contribution in [0.15, 0.2) is 30.3 Å². The number of carbonyl (C=O) groups excluding carboxylic acids is 1. The third-order valence-electron chi connectivity index (χ3n) is 6.58. The molecule has 3 heteroatoms. The predicted molar refractivity (Wildman–Crippen MR) is 96.4 cm³/mol. The van der Waals surface area contributed by atoms with Crippen molar-refractivity contribution in [2.45, 2.75) is 45.1 Å². The van der Waals surface area contributed by atoms with Gasteiger partial charge in [-0.15, -0.1) is 0 Å². The molecule has 0 radical (unpaired) electrons. The van der Waals surface area contributed by atoms with Crippen LogP contribution in [0.4, 0.5) is 0 Å². The maximum Gasteiger partial charge on any atom is 0.224 e. The number of hydrogen-bond donors (Lipinski definition) is 1. The van der Waals surface area contributed by atoms with Gasteiger partial charge in [0.1, 0.15) is 0 Å². The van der Waals surface area contributed by atoms with E-state index in [1.165, 1.54) is 44.1 Å². The van der Waals surface area contributed by atoms with E-state index in [1.54, 1.807) is 0 Å². The summed E-state index contributed by atoms with van der Waals surface area (Å²) in [6.45, 7) is 3.95. The molecule has 3 nitrogen and oxygen atoms in total. The highest BCUT2D eigenvalue weighted by atomic mass is 16.2. The molecule has 0 spiro atoms. The van der Waals surface area contributed by atoms with E-state index in [1.807, 2.05) is 0 Å². The molecule has 3 fully saturated rings. The lowest BCUT2D eigenvalue weighted by atomic mass is 9.72. The second-order valence-electron chi connectivity index (χ2n) is 8.11. The van der Waals surface area contributed by atoms with Gasteiger partial charge in [0, 0.05) is 26.2 Å². The van der Waals surface area contributed by atoms with Gasteiger partial charge in [0.15, 0.2) is 0 Å². The van der Waals surface area contributed by atoms with E-state index in [0.29, 0.717) is 17.7 Å². The number of nitrogens with zero attached hydrogens (tertiary/aromatic N) is 1. The largest absolute Gasteiger partial charge is 0.356 e. The van der Waals surface area contributed by atoms with Crippen molar-refractivity contribution < 1.29 is 4.79 Å². The van der Waals surface area contributed by atoms with E-state index in [2.05, 4.69) is 40.5 Å². The van der Waals surface area contributed by atoms with Crippen molar-refractivity contribution >= 4 is 5.91 Å². The molecule has 24 heavy (non-hydrogen) atoms. The number of hydrogen-bond acceptors (Lipinski definition) is 2. The second kappa shape index (κ2) is 7.26. The highest BCUT2D eigenvalue weighted by Crippen LogP contribution is 2.42. The Labute approximate surface area is 145 Å². The molecule has 130 valence electrons. The summed E-state index contributed by atoms with van der Waals surface area (Å²) in [5, 5.41) is 3.28. The van der Waals surface area contributed by atoms with Crippen LogP contribution in [0, 0.1) is 23.7 Å². The summed E-state index contributed by atoms with van der Waals surface area (Å²) in [5.41, 5.74) is 1.36. The molecule has 0 aromatic heterocycles. The van der Waals surface area contributed by atoms with Crippen molar-refractivity contribution in [1.82, 2.24) is 10.2 Å². The van der Waals surface area contributed by atoms with Gasteiger partial charge in [0.25, 0.3) is 0 Å². The molecule has 4 unspecified atom stereocenters. The van der Waals surface area contributed by atoms with Gasteiger partial charge in [-0.25, -0.2) is 0 Å². The van der Waals surface area contributed by atoms with Crippen LogP contribution in [0.25, 0.3) is 0 Å². The Morgan fingerprint density at radius 1 is 0.958 bits per heavy atom. The lowest BCUT2D eigenvalue weighted by Gasteiger charge is -2.32. The lowest BCUT2D eigenvalue weighted by Crippen LogP contribution is -2.34. The standard InChI is InChI=1S/C21H30N2O/c24-21-20-15-23(13-16-8-4-3-5-9-16)14-19(20)18-11-7-2-1-6-10-17(18)12-22-21/h3-5,8-9,17-20H,1-2,6-7,10-15H2,(H,22,24). The number of nitrogens with one attached hydrogen (secondary N) is 1. The van der Waals surface area contributed by atoms with Crippen molar-refractivity contribution in [2.24, 2.45) is 23.7 Å². The number of likely N-dealkylation sites (tertiary alicyclic amines) is 1. The summed E-state index contributed by atoms with van der Waals surface area (Å²) in [7, 11) is 0. The molecule has 2 aliphatic heterocycles. The van der Waals surface area contributed by atoms with Crippen LogP contribution < -0.4 is 5.32 Å². The van der Waals surface area contributed by atoms with Crippen LogP contribution in [0.3, 0.4) is 0 Å². The zero-order chi connectivity index (χ0) is 16.4. The fourth-order valence-corrected chi connectivity index (χ4v) is 5.37. The Morgan fingerprint density at radius 3 is 2.58 bits per heavy atom. The first-order valence-corrected chi connectivity index (χ1v) is 9.85. The summed E-state index contributed by atoms with van der Waals surface area (Å²) >= 11 is 0. The molecule has 1 saturated carbocycles. The zero-order valence-corrected chi connectivity index (χ0v) is 14.6. The molecule has 1 aliphatic carbocycles. The summed E-state index contributed by atoms with van der Waals surface area (Å²) < 4.78 is 0. The van der Waals surface area contributed by atoms with E-state index in [-0.39, 0.29) is 5.92 Å². The Hall–Kier alpha value is -1.35. The first kappa shape index (κ1) is 16.1. The van der Waals surface area contributed by atoms with Crippen molar-refractivity contribution in [3.63, 3.8) is 0 Å². The van der Waals surface area contributed by atoms with E-state index in [9.17, 15) is 4.79 Å². The summed E-state index contributed by atoms with van der Waals surface area (Å²) in [6.07, 6.45) is 8.12. The van der Waals surface area contributed by atoms with Crippen molar-refractivity contribution in [3.05, 3.63) is 35.9 Å². The number of fused-ring (bicyclic) bond motifs is 3. The third kappa shape index (κ3) is 3.37. The van der Waals surface area contributed by atoms with Gasteiger partial charge in [0.2, 0.25) is 5.91 Å². The van der Waals surface area contributed by atoms with Gasteiger partial charge in [0.05, 0.1) is 5.92 Å². The van der Waals surface area contributed by atoms with Crippen LogP contribution in [0.2, 0.25) is 0 Å². The second-order valence-corrected chi connectivity index (χ2v) is 8.11. The first-order valence-electron chi connectivity index (χ1n) is 9.85. The fourth-order valence-electron chi connectivity index (χ4n) is 5.37. The summed E-state index contributed by atoms with van der Waals surface area (Å²) in [5.74, 6) is 2.56. The first-order chi connectivity index (χ1) is 11.8. The molecule has 3 aliphatic rings. The van der Waals surface area contributed by atoms with E-state index in [0.717, 1.165) is 32.1 Å². The van der Waals surface area contributed by atoms with E-state index in [4.69, 9.17) is 0 Å². The molecule has 1 amide bonds. The van der Waals surface area contributed by atoms with Crippen LogP contribution >= 0.6 is 0 Å². The van der Waals surface area contributed by atoms with Crippen LogP contribution in [0.1, 0.15) is 44.1 Å². The number of rotatable bonds is 2. The summed E-state index contributed by atoms with van der Waals surface area (Å²) in [4.78, 5) is 15.2. The normalized spacial score (nSPS) is 34.4. The van der Waals surface area contributed by atoms with Gasteiger partial charge in [-0.05, 0) is 36.2 Å². The monoisotopic (exact) mass is 326 g/mol. The molecule has 0 bridgehead atoms. The molecule has 2 saturated heterocycles. The lowest BCUT2D eigenvalue weighted by molar-refractivity contribution is -0.125. The Morgan fingerprint density at radius 2 is 1.75 bits per heavy atom. The van der Waals surface area contributed by atoms with Gasteiger partial charge < -0.3 is 5.32 Å². The zero-order valence-electron chi connectivity index (χ0n) is 14.6. The Bertz CT molecular complexity index is 558. The number of carbonyl (C=O) groups is 1. The average Bonchev–Trinajstić information content (AvgIpc) is 2.94. The van der Waals surface area contributed by atoms with Crippen molar-refractivity contribution in [1.29, 1.82) is 0 Å². The molecule has 4 atom stereocenters. The Kier molecular flexibility index (Phi) is 4.88. The average molecular weight is 326 g/mol. The number of benzene rings is 1. The maximum absolute atomic E-state index is 12.7. The molecule has 2 heterocycles. The van der Waals surface area contributed by atoms with Crippen LogP contribution in [-0.2, 0) is 11.3 Å². The van der Waals surface area contributed by atoms with Crippen molar-refractivity contribution in [3.8, 4) is 0 Å². The predicted octanol–water partition coefficient (Wildman–Crippen LogP) is 3.45. The molecule has 1 N–H and O–H groups in total. The molecule has 1 aromatic rings. The van der Waals surface area contributed by atoms with Gasteiger partial charge >= 0.3 is 0 Å². The molecule has 1 aromatic carbocycles. The van der Waals surface area contributed by atoms with E-state index < -0.39 is 0 Å². The number of amides is 1. The smallest absolute Gasteiger partial charge is 0.224 e. The quantitative estimate of drug-likeness (QED) is 0.903. The minimum Gasteiger partial charge on any atom is -0.356 e. The van der Waals surface area contributed by atoms with Crippen LogP contribution in [0.5, 0.6) is 0 Å². The minimum absolute atomic E-state index is 0.211. The third-order valence-corrected chi connectivity index (χ3v) is 6.58. The minimum atomic E-state index is 0.211. The van der Waals surface area contributed by atoms with Gasteiger partial charge in [-0.2, -0.15) is 0 Å². The maximum atomic E-state index is 12.7. The van der Waals surface area contributed by atoms with Crippen molar-refractivity contribution in [2.75, 3.05) is 19.6 Å². The molecule has 4 rings (SSSR count). The van der Waals surface area contributed by atoms with Crippen LogP contribution in [-0.4, -0.2) is 30.4 Å². The van der Waals surface area contributed by atoms with Gasteiger partial charge in [-0.1, -0.05) is 56.0 Å². The topological polar surface area (TPSA) is 32.3 Å². The van der Waals surface area contributed by atoms with E-state index >= 15 is 0 Å². The summed E-state index contributed by atoms with van der Waals surface area (Å²) in [6, 6.07) is 10.7. The molecular weight excluding hydrogens is 296 g/mol. The fraction of sp³-hybridized carbons (Fsp3) is 0.667. The SMILES string of the molecule is O=C1NCC2CCCCCCC2C2CN(Cc3ccccc3)CC12. The highest BCUT2D eigenvalue weighted by molar-refractivity contribution is 5.80. The Balaban J connectivity index is 1.51.